The lowest BCUT2D eigenvalue weighted by molar-refractivity contribution is 0.0503. The summed E-state index contributed by atoms with van der Waals surface area (Å²) in [6.07, 6.45) is 1.07. The maximum atomic E-state index is 12.9. The molecule has 1 heterocycles. The molecule has 3 aromatic rings. The first kappa shape index (κ1) is 45.5. The molecule has 1 atom stereocenters. The molecule has 56 heavy (non-hydrogen) atoms. The van der Waals surface area contributed by atoms with E-state index in [-0.39, 0.29) is 88.4 Å². The molecule has 308 valence electrons. The normalized spacial score (nSPS) is 14.7. The zero-order chi connectivity index (χ0) is 40.6. The van der Waals surface area contributed by atoms with Crippen molar-refractivity contribution in [2.75, 3.05) is 98.9 Å². The Bertz CT molecular complexity index is 1950. The number of fused-ring (bicyclic) bond motifs is 1. The Kier molecular flexibility index (Phi) is 18.4. The number of carbonyl (C=O) groups is 2. The molecule has 3 aromatic carbocycles. The fraction of sp³-hybridized carbons (Fsp3) is 0.459. The number of nitrogens with one attached hydrogen (secondary N) is 4. The number of rotatable bonds is 24. The van der Waals surface area contributed by atoms with E-state index >= 15 is 0 Å². The third-order valence-electron chi connectivity index (χ3n) is 8.45. The van der Waals surface area contributed by atoms with E-state index in [0.717, 1.165) is 29.5 Å². The summed E-state index contributed by atoms with van der Waals surface area (Å²) >= 11 is 12.8. The molecule has 4 rings (SSSR count). The van der Waals surface area contributed by atoms with E-state index in [0.29, 0.717) is 40.9 Å². The van der Waals surface area contributed by atoms with Gasteiger partial charge in [-0.25, -0.2) is 26.3 Å². The van der Waals surface area contributed by atoms with Crippen LogP contribution in [-0.4, -0.2) is 132 Å². The molecule has 4 N–H and O–H groups in total. The first-order valence-corrected chi connectivity index (χ1v) is 22.0. The minimum Gasteiger partial charge on any atom is -0.378 e. The molecule has 0 bridgehead atoms. The zero-order valence-electron chi connectivity index (χ0n) is 31.4. The maximum absolute atomic E-state index is 12.9. The van der Waals surface area contributed by atoms with E-state index < -0.39 is 20.0 Å². The molecular weight excluding hydrogens is 809 g/mol. The van der Waals surface area contributed by atoms with Crippen molar-refractivity contribution in [2.24, 2.45) is 0 Å². The van der Waals surface area contributed by atoms with Gasteiger partial charge < -0.3 is 34.5 Å². The standard InChI is InChI=1S/C37H49Cl2N5O10S2/c1-44-25-33(32-23-30(38)24-35(39)34(32)26-44)27-7-9-31(10-8-27)56(49,50)43-14-18-54-22-20-52-16-12-41-37(46)29-5-3-28(4-6-29)36(45)40-11-15-51-19-21-53-17-13-42-55(2,47)48/h3-10,23-24,33,42-43H,11-22,25-26H2,1-2H3,(H,40,45)(H,41,46). The van der Waals surface area contributed by atoms with Crippen LogP contribution in [0.25, 0.3) is 0 Å². The van der Waals surface area contributed by atoms with Gasteiger partial charge in [-0.2, -0.15) is 0 Å². The first-order chi connectivity index (χ1) is 26.7. The number of likely N-dealkylation sites (N-methyl/N-ethyl adjacent to an activating group) is 1. The molecule has 0 spiro atoms. The Hall–Kier alpha value is -3.20. The van der Waals surface area contributed by atoms with Crippen molar-refractivity contribution in [3.05, 3.63) is 98.5 Å². The van der Waals surface area contributed by atoms with E-state index in [1.165, 1.54) is 0 Å². The van der Waals surface area contributed by atoms with Gasteiger partial charge in [-0.15, -0.1) is 0 Å². The number of carbonyl (C=O) groups excluding carboxylic acids is 2. The third-order valence-corrected chi connectivity index (χ3v) is 11.2. The van der Waals surface area contributed by atoms with Gasteiger partial charge in [0.1, 0.15) is 0 Å². The molecule has 15 nitrogen and oxygen atoms in total. The van der Waals surface area contributed by atoms with Gasteiger partial charge in [-0.3, -0.25) is 9.59 Å². The summed E-state index contributed by atoms with van der Waals surface area (Å²) in [5.41, 5.74) is 3.82. The minimum absolute atomic E-state index is 0.00167. The molecular formula is C37H49Cl2N5O10S2. The summed E-state index contributed by atoms with van der Waals surface area (Å²) in [5.74, 6) is -0.625. The van der Waals surface area contributed by atoms with Crippen LogP contribution in [0.15, 0.2) is 65.6 Å². The zero-order valence-corrected chi connectivity index (χ0v) is 34.5. The molecule has 0 saturated heterocycles. The number of hydrogen-bond acceptors (Lipinski definition) is 11. The number of amides is 2. The van der Waals surface area contributed by atoms with E-state index in [2.05, 4.69) is 25.0 Å². The van der Waals surface area contributed by atoms with Crippen LogP contribution in [-0.2, 0) is 45.5 Å². The van der Waals surface area contributed by atoms with Crippen molar-refractivity contribution in [3.8, 4) is 0 Å². The Morgan fingerprint density at radius 2 is 1.18 bits per heavy atom. The first-order valence-electron chi connectivity index (χ1n) is 17.9. The van der Waals surface area contributed by atoms with E-state index in [9.17, 15) is 26.4 Å². The molecule has 1 aliphatic rings. The lowest BCUT2D eigenvalue weighted by atomic mass is 9.85. The fourth-order valence-corrected chi connectivity index (χ4v) is 7.77. The highest BCUT2D eigenvalue weighted by atomic mass is 35.5. The molecule has 0 saturated carbocycles. The predicted octanol–water partition coefficient (Wildman–Crippen LogP) is 2.62. The molecule has 2 amide bonds. The lowest BCUT2D eigenvalue weighted by Gasteiger charge is -2.33. The smallest absolute Gasteiger partial charge is 0.251 e. The SMILES string of the molecule is CN1Cc2c(Cl)cc(Cl)cc2C(c2ccc(S(=O)(=O)NCCOCCOCCNC(=O)c3ccc(C(=O)NCCOCCOCCNS(C)(=O)=O)cc3)cc2)C1. The second kappa shape index (κ2) is 22.7. The summed E-state index contributed by atoms with van der Waals surface area (Å²) < 4.78 is 74.2. The summed E-state index contributed by atoms with van der Waals surface area (Å²) in [5, 5.41) is 6.67. The molecule has 0 aromatic heterocycles. The van der Waals surface area contributed by atoms with Crippen LogP contribution in [0.2, 0.25) is 10.0 Å². The van der Waals surface area contributed by atoms with Gasteiger partial charge in [-0.05, 0) is 72.3 Å². The molecule has 0 radical (unpaired) electrons. The summed E-state index contributed by atoms with van der Waals surface area (Å²) in [6, 6.07) is 16.7. The molecule has 19 heteroatoms. The summed E-state index contributed by atoms with van der Waals surface area (Å²) in [6.45, 7) is 4.25. The predicted molar refractivity (Wildman–Crippen MR) is 214 cm³/mol. The van der Waals surface area contributed by atoms with Crippen LogP contribution in [0.4, 0.5) is 0 Å². The Labute approximate surface area is 338 Å². The van der Waals surface area contributed by atoms with Gasteiger partial charge in [0.25, 0.3) is 11.8 Å². The van der Waals surface area contributed by atoms with Gasteiger partial charge in [0.2, 0.25) is 20.0 Å². The highest BCUT2D eigenvalue weighted by Crippen LogP contribution is 2.38. The number of benzene rings is 3. The van der Waals surface area contributed by atoms with Crippen LogP contribution in [0.5, 0.6) is 0 Å². The maximum Gasteiger partial charge on any atom is 0.251 e. The van der Waals surface area contributed by atoms with Crippen LogP contribution >= 0.6 is 23.2 Å². The Balaban J connectivity index is 1.03. The van der Waals surface area contributed by atoms with Crippen molar-refractivity contribution in [3.63, 3.8) is 0 Å². The monoisotopic (exact) mass is 857 g/mol. The Morgan fingerprint density at radius 3 is 1.68 bits per heavy atom. The van der Waals surface area contributed by atoms with Gasteiger partial charge in [-0.1, -0.05) is 35.3 Å². The highest BCUT2D eigenvalue weighted by Gasteiger charge is 2.27. The number of halogens is 2. The Morgan fingerprint density at radius 1 is 0.696 bits per heavy atom. The van der Waals surface area contributed by atoms with Crippen LogP contribution in [0, 0.1) is 0 Å². The number of sulfonamides is 2. The van der Waals surface area contributed by atoms with Crippen molar-refractivity contribution in [1.29, 1.82) is 0 Å². The third kappa shape index (κ3) is 15.3. The van der Waals surface area contributed by atoms with Crippen molar-refractivity contribution in [2.45, 2.75) is 17.4 Å². The average molecular weight is 859 g/mol. The van der Waals surface area contributed by atoms with Crippen molar-refractivity contribution < 1.29 is 45.4 Å². The topological polar surface area (TPSA) is 191 Å². The van der Waals surface area contributed by atoms with Crippen LogP contribution in [0.1, 0.15) is 43.3 Å². The van der Waals surface area contributed by atoms with Crippen molar-refractivity contribution >= 4 is 55.1 Å². The number of nitrogens with zero attached hydrogens (tertiary/aromatic N) is 1. The fourth-order valence-electron chi connectivity index (χ4n) is 5.74. The molecule has 1 aliphatic heterocycles. The molecule has 0 aliphatic carbocycles. The highest BCUT2D eigenvalue weighted by molar-refractivity contribution is 7.89. The van der Waals surface area contributed by atoms with E-state index in [1.54, 1.807) is 42.5 Å². The van der Waals surface area contributed by atoms with Gasteiger partial charge in [0.15, 0.2) is 0 Å². The largest absolute Gasteiger partial charge is 0.378 e. The quantitative estimate of drug-likeness (QED) is 0.0970. The van der Waals surface area contributed by atoms with Gasteiger partial charge in [0.05, 0.1) is 64.0 Å². The number of ether oxygens (including phenoxy) is 4. The average Bonchev–Trinajstić information content (AvgIpc) is 3.15. The van der Waals surface area contributed by atoms with Crippen LogP contribution < -0.4 is 20.1 Å². The van der Waals surface area contributed by atoms with E-state index in [4.69, 9.17) is 42.1 Å². The van der Waals surface area contributed by atoms with Gasteiger partial charge in [0, 0.05) is 66.4 Å². The van der Waals surface area contributed by atoms with Crippen molar-refractivity contribution in [1.82, 2.24) is 25.0 Å². The van der Waals surface area contributed by atoms with Gasteiger partial charge >= 0.3 is 0 Å². The second-order valence-corrected chi connectivity index (χ2v) is 17.3. The number of hydrogen-bond donors (Lipinski definition) is 4. The molecule has 0 fully saturated rings. The molecule has 1 unspecified atom stereocenters. The van der Waals surface area contributed by atoms with Crippen LogP contribution in [0.3, 0.4) is 0 Å². The lowest BCUT2D eigenvalue weighted by Crippen LogP contribution is -2.31. The summed E-state index contributed by atoms with van der Waals surface area (Å²) in [7, 11) is -4.96. The minimum atomic E-state index is -3.74. The van der Waals surface area contributed by atoms with E-state index in [1.807, 2.05) is 25.2 Å². The summed E-state index contributed by atoms with van der Waals surface area (Å²) in [4.78, 5) is 27.2. The second-order valence-electron chi connectivity index (χ2n) is 12.9.